The number of hydrogen-bond acceptors (Lipinski definition) is 6. The molecule has 0 bridgehead atoms. The van der Waals surface area contributed by atoms with E-state index in [0.29, 0.717) is 11.5 Å². The van der Waals surface area contributed by atoms with Crippen molar-refractivity contribution in [1.82, 2.24) is 9.97 Å². The normalized spacial score (nSPS) is 10.4. The fourth-order valence-electron chi connectivity index (χ4n) is 2.53. The highest BCUT2D eigenvalue weighted by molar-refractivity contribution is 5.67. The van der Waals surface area contributed by atoms with Gasteiger partial charge in [0.25, 0.3) is 0 Å². The number of anilines is 3. The maximum atomic E-state index is 5.84. The van der Waals surface area contributed by atoms with E-state index in [0.717, 1.165) is 30.0 Å². The molecule has 6 nitrogen and oxygen atoms in total. The number of nitrogen functional groups attached to an aromatic ring is 2. The SMILES string of the molecule is COc1ccc(CCNc2cc(-c3cccc(N)c3)nc(N)n2)cc1. The average molecular weight is 335 g/mol. The third kappa shape index (κ3) is 4.38. The summed E-state index contributed by atoms with van der Waals surface area (Å²) in [7, 11) is 1.66. The van der Waals surface area contributed by atoms with Gasteiger partial charge in [0.15, 0.2) is 0 Å². The van der Waals surface area contributed by atoms with Crippen molar-refractivity contribution in [3.63, 3.8) is 0 Å². The Labute approximate surface area is 146 Å². The molecular formula is C19H21N5O. The van der Waals surface area contributed by atoms with Gasteiger partial charge in [0.05, 0.1) is 12.8 Å². The van der Waals surface area contributed by atoms with E-state index in [-0.39, 0.29) is 5.95 Å². The van der Waals surface area contributed by atoms with Crippen molar-refractivity contribution in [3.8, 4) is 17.0 Å². The van der Waals surface area contributed by atoms with Gasteiger partial charge in [-0.25, -0.2) is 4.98 Å². The molecule has 0 saturated carbocycles. The highest BCUT2D eigenvalue weighted by Crippen LogP contribution is 2.22. The first-order chi connectivity index (χ1) is 12.1. The van der Waals surface area contributed by atoms with E-state index >= 15 is 0 Å². The number of ether oxygens (including phenoxy) is 1. The monoisotopic (exact) mass is 335 g/mol. The highest BCUT2D eigenvalue weighted by Gasteiger charge is 2.05. The minimum absolute atomic E-state index is 0.229. The number of nitrogens with one attached hydrogen (secondary N) is 1. The topological polar surface area (TPSA) is 99.1 Å². The lowest BCUT2D eigenvalue weighted by atomic mass is 10.1. The Morgan fingerprint density at radius 2 is 1.80 bits per heavy atom. The van der Waals surface area contributed by atoms with Crippen LogP contribution in [0.2, 0.25) is 0 Å². The van der Waals surface area contributed by atoms with Crippen molar-refractivity contribution >= 4 is 17.5 Å². The number of hydrogen-bond donors (Lipinski definition) is 3. The zero-order valence-electron chi connectivity index (χ0n) is 14.1. The van der Waals surface area contributed by atoms with E-state index in [2.05, 4.69) is 15.3 Å². The van der Waals surface area contributed by atoms with Gasteiger partial charge in [-0.05, 0) is 36.2 Å². The smallest absolute Gasteiger partial charge is 0.222 e. The third-order valence-electron chi connectivity index (χ3n) is 3.80. The van der Waals surface area contributed by atoms with E-state index in [1.54, 1.807) is 7.11 Å². The van der Waals surface area contributed by atoms with Crippen LogP contribution in [0.3, 0.4) is 0 Å². The van der Waals surface area contributed by atoms with Gasteiger partial charge in [0, 0.05) is 23.9 Å². The van der Waals surface area contributed by atoms with Crippen LogP contribution in [0.15, 0.2) is 54.6 Å². The van der Waals surface area contributed by atoms with Gasteiger partial charge in [-0.3, -0.25) is 0 Å². The molecule has 0 aliphatic heterocycles. The second-order valence-corrected chi connectivity index (χ2v) is 5.65. The lowest BCUT2D eigenvalue weighted by Crippen LogP contribution is -2.08. The fraction of sp³-hybridized carbons (Fsp3) is 0.158. The van der Waals surface area contributed by atoms with Crippen molar-refractivity contribution < 1.29 is 4.74 Å². The number of nitrogens with two attached hydrogens (primary N) is 2. The van der Waals surface area contributed by atoms with Gasteiger partial charge in [-0.1, -0.05) is 24.3 Å². The molecule has 3 aromatic rings. The van der Waals surface area contributed by atoms with Gasteiger partial charge < -0.3 is 21.5 Å². The first-order valence-electron chi connectivity index (χ1n) is 8.01. The van der Waals surface area contributed by atoms with Crippen molar-refractivity contribution in [3.05, 3.63) is 60.2 Å². The predicted molar refractivity (Wildman–Crippen MR) is 101 cm³/mol. The van der Waals surface area contributed by atoms with Crippen LogP contribution in [0.4, 0.5) is 17.5 Å². The molecule has 5 N–H and O–H groups in total. The summed E-state index contributed by atoms with van der Waals surface area (Å²) in [5, 5.41) is 3.29. The number of benzene rings is 2. The second-order valence-electron chi connectivity index (χ2n) is 5.65. The van der Waals surface area contributed by atoms with Crippen molar-refractivity contribution in [1.29, 1.82) is 0 Å². The molecule has 0 unspecified atom stereocenters. The summed E-state index contributed by atoms with van der Waals surface area (Å²) in [5.41, 5.74) is 15.2. The van der Waals surface area contributed by atoms with E-state index in [4.69, 9.17) is 16.2 Å². The minimum atomic E-state index is 0.229. The van der Waals surface area contributed by atoms with Crippen LogP contribution in [0.1, 0.15) is 5.56 Å². The quantitative estimate of drug-likeness (QED) is 0.599. The molecule has 0 spiro atoms. The number of nitrogens with zero attached hydrogens (tertiary/aromatic N) is 2. The van der Waals surface area contributed by atoms with E-state index in [9.17, 15) is 0 Å². The number of rotatable bonds is 6. The van der Waals surface area contributed by atoms with Crippen LogP contribution in [0, 0.1) is 0 Å². The molecule has 0 radical (unpaired) electrons. The van der Waals surface area contributed by atoms with Crippen LogP contribution in [0.25, 0.3) is 11.3 Å². The summed E-state index contributed by atoms with van der Waals surface area (Å²) in [6.45, 7) is 0.735. The van der Waals surface area contributed by atoms with Crippen LogP contribution < -0.4 is 21.5 Å². The van der Waals surface area contributed by atoms with Gasteiger partial charge in [-0.15, -0.1) is 0 Å². The fourth-order valence-corrected chi connectivity index (χ4v) is 2.53. The Morgan fingerprint density at radius 3 is 2.52 bits per heavy atom. The van der Waals surface area contributed by atoms with Crippen LogP contribution in [0.5, 0.6) is 5.75 Å². The summed E-state index contributed by atoms with van der Waals surface area (Å²) in [6, 6.07) is 17.4. The molecule has 2 aromatic carbocycles. The van der Waals surface area contributed by atoms with Crippen LogP contribution in [-0.2, 0) is 6.42 Å². The largest absolute Gasteiger partial charge is 0.497 e. The maximum Gasteiger partial charge on any atom is 0.222 e. The molecular weight excluding hydrogens is 314 g/mol. The zero-order chi connectivity index (χ0) is 17.6. The summed E-state index contributed by atoms with van der Waals surface area (Å²) in [6.07, 6.45) is 0.863. The standard InChI is InChI=1S/C19H21N5O/c1-25-16-7-5-13(6-8-16)9-10-22-18-12-17(23-19(21)24-18)14-3-2-4-15(20)11-14/h2-8,11-12H,9-10,20H2,1H3,(H3,21,22,23,24). The highest BCUT2D eigenvalue weighted by atomic mass is 16.5. The molecule has 3 rings (SSSR count). The molecule has 6 heteroatoms. The van der Waals surface area contributed by atoms with Gasteiger partial charge in [0.1, 0.15) is 11.6 Å². The van der Waals surface area contributed by atoms with Crippen LogP contribution in [-0.4, -0.2) is 23.6 Å². The van der Waals surface area contributed by atoms with Crippen molar-refractivity contribution in [2.75, 3.05) is 30.4 Å². The van der Waals surface area contributed by atoms with E-state index in [1.165, 1.54) is 5.56 Å². The lowest BCUT2D eigenvalue weighted by molar-refractivity contribution is 0.414. The zero-order valence-corrected chi connectivity index (χ0v) is 14.1. The Kier molecular flexibility index (Phi) is 4.99. The number of aromatic nitrogens is 2. The predicted octanol–water partition coefficient (Wildman–Crippen LogP) is 2.97. The van der Waals surface area contributed by atoms with E-state index < -0.39 is 0 Å². The molecule has 0 amide bonds. The maximum absolute atomic E-state index is 5.84. The van der Waals surface area contributed by atoms with Gasteiger partial charge in [0.2, 0.25) is 5.95 Å². The molecule has 1 heterocycles. The van der Waals surface area contributed by atoms with Gasteiger partial charge in [-0.2, -0.15) is 4.98 Å². The summed E-state index contributed by atoms with van der Waals surface area (Å²) >= 11 is 0. The van der Waals surface area contributed by atoms with Gasteiger partial charge >= 0.3 is 0 Å². The average Bonchev–Trinajstić information content (AvgIpc) is 2.62. The molecule has 0 fully saturated rings. The van der Waals surface area contributed by atoms with E-state index in [1.807, 2.05) is 54.6 Å². The Morgan fingerprint density at radius 1 is 1.00 bits per heavy atom. The first-order valence-corrected chi connectivity index (χ1v) is 8.01. The molecule has 1 aromatic heterocycles. The summed E-state index contributed by atoms with van der Waals surface area (Å²) in [4.78, 5) is 8.53. The lowest BCUT2D eigenvalue weighted by Gasteiger charge is -2.09. The number of methoxy groups -OCH3 is 1. The summed E-state index contributed by atoms with van der Waals surface area (Å²) < 4.78 is 5.16. The Hall–Kier alpha value is -3.28. The molecule has 25 heavy (non-hydrogen) atoms. The van der Waals surface area contributed by atoms with Crippen molar-refractivity contribution in [2.24, 2.45) is 0 Å². The molecule has 0 saturated heterocycles. The molecule has 0 aliphatic rings. The molecule has 128 valence electrons. The molecule has 0 atom stereocenters. The second kappa shape index (κ2) is 7.53. The Bertz CT molecular complexity index is 849. The van der Waals surface area contributed by atoms with Crippen molar-refractivity contribution in [2.45, 2.75) is 6.42 Å². The Balaban J connectivity index is 1.68. The van der Waals surface area contributed by atoms with Crippen LogP contribution >= 0.6 is 0 Å². The summed E-state index contributed by atoms with van der Waals surface area (Å²) in [5.74, 6) is 1.78. The first kappa shape index (κ1) is 16.6. The minimum Gasteiger partial charge on any atom is -0.497 e. The molecule has 0 aliphatic carbocycles. The third-order valence-corrected chi connectivity index (χ3v) is 3.80.